The number of nitrogens with zero attached hydrogens (tertiary/aromatic N) is 1. The minimum absolute atomic E-state index is 0.159. The standard InChI is InChI=1S/C26H20ClFIN3O4/c1-2-35-23-13-16(11-17(14-30)26(34)32-21-9-5-19(28)6-10-21)12-22(29)25(23)36-15-24(33)31-20-7-3-18(27)4-8-20/h3-13H,2,15H2,1H3,(H,31,33)(H,32,34)/b17-11+. The third-order valence-corrected chi connectivity index (χ3v) is 5.64. The van der Waals surface area contributed by atoms with Crippen LogP contribution in [0.1, 0.15) is 12.5 Å². The lowest BCUT2D eigenvalue weighted by Crippen LogP contribution is -2.20. The third-order valence-electron chi connectivity index (χ3n) is 4.59. The molecule has 0 bridgehead atoms. The Labute approximate surface area is 226 Å². The molecule has 0 aromatic heterocycles. The molecular weight excluding hydrogens is 600 g/mol. The molecule has 0 spiro atoms. The van der Waals surface area contributed by atoms with E-state index < -0.39 is 11.7 Å². The molecule has 0 aliphatic rings. The number of carbonyl (C=O) groups excluding carboxylic acids is 2. The Morgan fingerprint density at radius 3 is 2.33 bits per heavy atom. The van der Waals surface area contributed by atoms with Crippen molar-refractivity contribution in [3.63, 3.8) is 0 Å². The molecule has 0 aliphatic carbocycles. The number of ether oxygens (including phenoxy) is 2. The molecule has 10 heteroatoms. The monoisotopic (exact) mass is 619 g/mol. The van der Waals surface area contributed by atoms with Gasteiger partial charge in [-0.05, 0) is 102 Å². The van der Waals surface area contributed by atoms with Crippen molar-refractivity contribution in [3.05, 3.63) is 86.2 Å². The first-order valence-corrected chi connectivity index (χ1v) is 12.1. The van der Waals surface area contributed by atoms with E-state index in [1.54, 1.807) is 43.3 Å². The van der Waals surface area contributed by atoms with E-state index in [4.69, 9.17) is 21.1 Å². The van der Waals surface area contributed by atoms with Crippen molar-refractivity contribution in [2.24, 2.45) is 0 Å². The molecule has 3 rings (SSSR count). The zero-order valence-corrected chi connectivity index (χ0v) is 21.9. The summed E-state index contributed by atoms with van der Waals surface area (Å²) in [6.07, 6.45) is 1.40. The van der Waals surface area contributed by atoms with Crippen LogP contribution in [0, 0.1) is 20.7 Å². The number of hydrogen-bond donors (Lipinski definition) is 2. The van der Waals surface area contributed by atoms with Crippen LogP contribution < -0.4 is 20.1 Å². The van der Waals surface area contributed by atoms with Gasteiger partial charge in [0, 0.05) is 16.4 Å². The fourth-order valence-corrected chi connectivity index (χ4v) is 3.90. The Hall–Kier alpha value is -3.62. The van der Waals surface area contributed by atoms with E-state index in [-0.39, 0.29) is 18.1 Å². The number of halogens is 3. The van der Waals surface area contributed by atoms with Gasteiger partial charge in [-0.3, -0.25) is 9.59 Å². The van der Waals surface area contributed by atoms with Gasteiger partial charge in [-0.2, -0.15) is 5.26 Å². The van der Waals surface area contributed by atoms with Crippen LogP contribution in [0.4, 0.5) is 15.8 Å². The van der Waals surface area contributed by atoms with E-state index in [9.17, 15) is 19.2 Å². The minimum Gasteiger partial charge on any atom is -0.490 e. The number of carbonyl (C=O) groups is 2. The second kappa shape index (κ2) is 12.9. The zero-order chi connectivity index (χ0) is 26.1. The molecule has 0 aliphatic heterocycles. The Bertz CT molecular complexity index is 1320. The van der Waals surface area contributed by atoms with Crippen molar-refractivity contribution in [1.29, 1.82) is 5.26 Å². The molecule has 0 fully saturated rings. The van der Waals surface area contributed by atoms with Crippen molar-refractivity contribution < 1.29 is 23.5 Å². The van der Waals surface area contributed by atoms with E-state index >= 15 is 0 Å². The number of benzene rings is 3. The molecule has 0 radical (unpaired) electrons. The van der Waals surface area contributed by atoms with Crippen LogP contribution in [0.15, 0.2) is 66.2 Å². The van der Waals surface area contributed by atoms with Crippen LogP contribution in [0.5, 0.6) is 11.5 Å². The third kappa shape index (κ3) is 7.69. The largest absolute Gasteiger partial charge is 0.490 e. The van der Waals surface area contributed by atoms with Gasteiger partial charge in [0.1, 0.15) is 17.5 Å². The van der Waals surface area contributed by atoms with Crippen LogP contribution in [0.3, 0.4) is 0 Å². The van der Waals surface area contributed by atoms with Gasteiger partial charge in [0.15, 0.2) is 18.1 Å². The fraction of sp³-hybridized carbons (Fsp3) is 0.115. The predicted molar refractivity (Wildman–Crippen MR) is 145 cm³/mol. The lowest BCUT2D eigenvalue weighted by Gasteiger charge is -2.15. The molecular formula is C26H20ClFIN3O4. The lowest BCUT2D eigenvalue weighted by molar-refractivity contribution is -0.118. The molecule has 3 aromatic rings. The summed E-state index contributed by atoms with van der Waals surface area (Å²) in [5.74, 6) is -0.742. The molecule has 0 saturated carbocycles. The summed E-state index contributed by atoms with van der Waals surface area (Å²) in [6.45, 7) is 1.85. The van der Waals surface area contributed by atoms with Crippen molar-refractivity contribution in [2.45, 2.75) is 6.92 Å². The number of amides is 2. The Kier molecular flexibility index (Phi) is 9.67. The number of nitrogens with one attached hydrogen (secondary N) is 2. The van der Waals surface area contributed by atoms with Crippen LogP contribution in [-0.4, -0.2) is 25.0 Å². The quantitative estimate of drug-likeness (QED) is 0.173. The van der Waals surface area contributed by atoms with Gasteiger partial charge >= 0.3 is 0 Å². The number of nitriles is 1. The molecule has 2 amide bonds. The maximum atomic E-state index is 13.1. The Morgan fingerprint density at radius 2 is 1.69 bits per heavy atom. The molecule has 0 atom stereocenters. The van der Waals surface area contributed by atoms with Gasteiger partial charge in [-0.1, -0.05) is 11.6 Å². The molecule has 2 N–H and O–H groups in total. The second-order valence-corrected chi connectivity index (χ2v) is 8.84. The summed E-state index contributed by atoms with van der Waals surface area (Å²) in [5, 5.41) is 15.3. The van der Waals surface area contributed by atoms with Crippen molar-refractivity contribution in [1.82, 2.24) is 0 Å². The molecule has 3 aromatic carbocycles. The zero-order valence-electron chi connectivity index (χ0n) is 19.0. The topological polar surface area (TPSA) is 100 Å². The summed E-state index contributed by atoms with van der Waals surface area (Å²) in [5.41, 5.74) is 1.30. The van der Waals surface area contributed by atoms with Crippen LogP contribution in [0.25, 0.3) is 6.08 Å². The normalized spacial score (nSPS) is 10.8. The first-order chi connectivity index (χ1) is 17.3. The maximum absolute atomic E-state index is 13.1. The highest BCUT2D eigenvalue weighted by molar-refractivity contribution is 14.1. The van der Waals surface area contributed by atoms with Gasteiger partial charge in [-0.25, -0.2) is 4.39 Å². The van der Waals surface area contributed by atoms with Crippen molar-refractivity contribution in [3.8, 4) is 17.6 Å². The number of hydrogen-bond acceptors (Lipinski definition) is 5. The van der Waals surface area contributed by atoms with E-state index in [0.29, 0.717) is 43.6 Å². The summed E-state index contributed by atoms with van der Waals surface area (Å²) in [7, 11) is 0. The molecule has 0 unspecified atom stereocenters. The second-order valence-electron chi connectivity index (χ2n) is 7.24. The van der Waals surface area contributed by atoms with Gasteiger partial charge in [0.2, 0.25) is 0 Å². The number of anilines is 2. The lowest BCUT2D eigenvalue weighted by atomic mass is 10.1. The maximum Gasteiger partial charge on any atom is 0.266 e. The highest BCUT2D eigenvalue weighted by Gasteiger charge is 2.16. The van der Waals surface area contributed by atoms with E-state index in [2.05, 4.69) is 10.6 Å². The summed E-state index contributed by atoms with van der Waals surface area (Å²) < 4.78 is 25.1. The van der Waals surface area contributed by atoms with E-state index in [1.165, 1.54) is 30.3 Å². The van der Waals surface area contributed by atoms with Gasteiger partial charge in [-0.15, -0.1) is 0 Å². The van der Waals surface area contributed by atoms with Gasteiger partial charge in [0.05, 0.1) is 10.2 Å². The average molecular weight is 620 g/mol. The van der Waals surface area contributed by atoms with E-state index in [1.807, 2.05) is 28.7 Å². The summed E-state index contributed by atoms with van der Waals surface area (Å²) in [4.78, 5) is 24.9. The highest BCUT2D eigenvalue weighted by Crippen LogP contribution is 2.35. The summed E-state index contributed by atoms with van der Waals surface area (Å²) in [6, 6.07) is 17.1. The fourth-order valence-electron chi connectivity index (χ4n) is 2.99. The SMILES string of the molecule is CCOc1cc(/C=C(\C#N)C(=O)Nc2ccc(F)cc2)cc(I)c1OCC(=O)Nc1ccc(Cl)cc1. The van der Waals surface area contributed by atoms with Gasteiger partial charge < -0.3 is 20.1 Å². The highest BCUT2D eigenvalue weighted by atomic mass is 127. The van der Waals surface area contributed by atoms with Crippen molar-refractivity contribution >= 4 is 63.5 Å². The molecule has 36 heavy (non-hydrogen) atoms. The average Bonchev–Trinajstić information content (AvgIpc) is 2.85. The first kappa shape index (κ1) is 27.0. The van der Waals surface area contributed by atoms with Crippen LogP contribution in [-0.2, 0) is 9.59 Å². The van der Waals surface area contributed by atoms with Gasteiger partial charge in [0.25, 0.3) is 11.8 Å². The predicted octanol–water partition coefficient (Wildman–Crippen LogP) is 6.05. The minimum atomic E-state index is -0.642. The smallest absolute Gasteiger partial charge is 0.266 e. The first-order valence-electron chi connectivity index (χ1n) is 10.6. The Balaban J connectivity index is 1.76. The Morgan fingerprint density at radius 1 is 1.06 bits per heavy atom. The van der Waals surface area contributed by atoms with E-state index in [0.717, 1.165) is 0 Å². The molecule has 7 nitrogen and oxygen atoms in total. The number of rotatable bonds is 9. The van der Waals surface area contributed by atoms with Crippen LogP contribution in [0.2, 0.25) is 5.02 Å². The molecule has 0 saturated heterocycles. The summed E-state index contributed by atoms with van der Waals surface area (Å²) >= 11 is 7.88. The molecule has 184 valence electrons. The van der Waals surface area contributed by atoms with Crippen molar-refractivity contribution in [2.75, 3.05) is 23.8 Å². The molecule has 0 heterocycles. The van der Waals surface area contributed by atoms with Crippen LogP contribution >= 0.6 is 34.2 Å².